The third kappa shape index (κ3) is 5.95. The fraction of sp³-hybridized carbons (Fsp3) is 0.562. The third-order valence-electron chi connectivity index (χ3n) is 2.60. The van der Waals surface area contributed by atoms with E-state index in [1.165, 1.54) is 0 Å². The molecule has 112 valence electrons. The quantitative estimate of drug-likeness (QED) is 0.789. The van der Waals surface area contributed by atoms with Gasteiger partial charge in [-0.25, -0.2) is 0 Å². The zero-order valence-corrected chi connectivity index (χ0v) is 12.7. The minimum atomic E-state index is -0.772. The Morgan fingerprint density at radius 1 is 1.15 bits per heavy atom. The Balaban J connectivity index is 2.84. The van der Waals surface area contributed by atoms with Gasteiger partial charge in [0.05, 0.1) is 12.2 Å². The smallest absolute Gasteiger partial charge is 0.303 e. The first-order chi connectivity index (χ1) is 9.38. The molecule has 0 aliphatic carbocycles. The molecule has 0 bridgehead atoms. The Hall–Kier alpha value is -1.71. The predicted molar refractivity (Wildman–Crippen MR) is 78.5 cm³/mol. The largest absolute Gasteiger partial charge is 0.491 e. The van der Waals surface area contributed by atoms with Gasteiger partial charge in [-0.05, 0) is 64.3 Å². The van der Waals surface area contributed by atoms with E-state index in [0.717, 1.165) is 17.1 Å². The lowest BCUT2D eigenvalue weighted by atomic mass is 10.1. The Bertz CT molecular complexity index is 438. The Labute approximate surface area is 120 Å². The molecule has 0 saturated carbocycles. The summed E-state index contributed by atoms with van der Waals surface area (Å²) in [6, 6.07) is 5.73. The number of hydrogen-bond acceptors (Lipinski definition) is 3. The lowest BCUT2D eigenvalue weighted by Crippen LogP contribution is -2.09. The average Bonchev–Trinajstić information content (AvgIpc) is 2.30. The molecule has 0 unspecified atom stereocenters. The molecule has 0 spiro atoms. The summed E-state index contributed by atoms with van der Waals surface area (Å²) in [6.45, 7) is 7.89. The van der Waals surface area contributed by atoms with Crippen LogP contribution in [0.3, 0.4) is 0 Å². The number of benzene rings is 1. The normalized spacial score (nSPS) is 10.9. The molecule has 0 atom stereocenters. The lowest BCUT2D eigenvalue weighted by molar-refractivity contribution is -0.137. The van der Waals surface area contributed by atoms with Gasteiger partial charge in [0.2, 0.25) is 0 Å². The number of carbonyl (C=O) groups is 1. The van der Waals surface area contributed by atoms with Crippen molar-refractivity contribution in [3.05, 3.63) is 23.8 Å². The number of rotatable bonds is 8. The summed E-state index contributed by atoms with van der Waals surface area (Å²) in [5.74, 6) is 0.828. The highest BCUT2D eigenvalue weighted by molar-refractivity contribution is 5.66. The molecule has 1 aromatic rings. The van der Waals surface area contributed by atoms with E-state index in [1.807, 2.05) is 45.9 Å². The minimum Gasteiger partial charge on any atom is -0.491 e. The third-order valence-corrected chi connectivity index (χ3v) is 2.60. The summed E-state index contributed by atoms with van der Waals surface area (Å²) in [6.07, 6.45) is 1.62. The van der Waals surface area contributed by atoms with Gasteiger partial charge < -0.3 is 14.6 Å². The maximum Gasteiger partial charge on any atom is 0.303 e. The van der Waals surface area contributed by atoms with Gasteiger partial charge in [0.25, 0.3) is 0 Å². The molecule has 4 heteroatoms. The molecule has 1 aromatic carbocycles. The van der Waals surface area contributed by atoms with E-state index in [0.29, 0.717) is 12.8 Å². The first kappa shape index (κ1) is 16.3. The van der Waals surface area contributed by atoms with Crippen LogP contribution in [0, 0.1) is 0 Å². The number of carboxylic acid groups (broad SMARTS) is 1. The molecule has 0 heterocycles. The standard InChI is InChI=1S/C16H24O4/c1-11(2)19-14-8-9-15(20-12(3)4)13(10-14)6-5-7-16(17)18/h8-12H,5-7H2,1-4H3,(H,17,18). The number of ether oxygens (including phenoxy) is 2. The van der Waals surface area contributed by atoms with E-state index >= 15 is 0 Å². The van der Waals surface area contributed by atoms with E-state index in [4.69, 9.17) is 14.6 Å². The van der Waals surface area contributed by atoms with Crippen LogP contribution >= 0.6 is 0 Å². The summed E-state index contributed by atoms with van der Waals surface area (Å²) in [5, 5.41) is 8.72. The van der Waals surface area contributed by atoms with Gasteiger partial charge in [0.15, 0.2) is 0 Å². The van der Waals surface area contributed by atoms with Gasteiger partial charge in [-0.3, -0.25) is 4.79 Å². The Kier molecular flexibility index (Phi) is 6.36. The second kappa shape index (κ2) is 7.78. The summed E-state index contributed by atoms with van der Waals surface area (Å²) >= 11 is 0. The monoisotopic (exact) mass is 280 g/mol. The molecule has 1 N–H and O–H groups in total. The minimum absolute atomic E-state index is 0.0880. The molecule has 0 aromatic heterocycles. The van der Waals surface area contributed by atoms with Gasteiger partial charge >= 0.3 is 5.97 Å². The molecule has 1 rings (SSSR count). The summed E-state index contributed by atoms with van der Waals surface area (Å²) in [5.41, 5.74) is 0.998. The molecular weight excluding hydrogens is 256 g/mol. The van der Waals surface area contributed by atoms with Crippen LogP contribution in [0.4, 0.5) is 0 Å². The van der Waals surface area contributed by atoms with Crippen LogP contribution in [0.15, 0.2) is 18.2 Å². The summed E-state index contributed by atoms with van der Waals surface area (Å²) in [4.78, 5) is 10.6. The number of aliphatic carboxylic acids is 1. The van der Waals surface area contributed by atoms with Crippen molar-refractivity contribution in [3.8, 4) is 11.5 Å². The van der Waals surface area contributed by atoms with Crippen LogP contribution in [-0.4, -0.2) is 23.3 Å². The molecule has 0 aliphatic heterocycles. The van der Waals surface area contributed by atoms with Crippen molar-refractivity contribution in [2.24, 2.45) is 0 Å². The zero-order valence-electron chi connectivity index (χ0n) is 12.7. The molecular formula is C16H24O4. The van der Waals surface area contributed by atoms with Gasteiger partial charge in [-0.15, -0.1) is 0 Å². The first-order valence-corrected chi connectivity index (χ1v) is 7.06. The van der Waals surface area contributed by atoms with E-state index < -0.39 is 5.97 Å². The van der Waals surface area contributed by atoms with E-state index in [9.17, 15) is 4.79 Å². The van der Waals surface area contributed by atoms with Crippen molar-refractivity contribution < 1.29 is 19.4 Å². The number of hydrogen-bond donors (Lipinski definition) is 1. The zero-order chi connectivity index (χ0) is 15.1. The highest BCUT2D eigenvalue weighted by Gasteiger charge is 2.09. The summed E-state index contributed by atoms with van der Waals surface area (Å²) < 4.78 is 11.4. The molecule has 0 fully saturated rings. The van der Waals surface area contributed by atoms with Gasteiger partial charge in [0, 0.05) is 6.42 Å². The SMILES string of the molecule is CC(C)Oc1ccc(OC(C)C)c(CCCC(=O)O)c1. The fourth-order valence-electron chi connectivity index (χ4n) is 1.90. The van der Waals surface area contributed by atoms with Crippen molar-refractivity contribution in [2.75, 3.05) is 0 Å². The Morgan fingerprint density at radius 3 is 2.35 bits per heavy atom. The molecule has 20 heavy (non-hydrogen) atoms. The topological polar surface area (TPSA) is 55.8 Å². The van der Waals surface area contributed by atoms with Crippen LogP contribution in [-0.2, 0) is 11.2 Å². The van der Waals surface area contributed by atoms with Crippen LogP contribution in [0.1, 0.15) is 46.1 Å². The van der Waals surface area contributed by atoms with E-state index in [2.05, 4.69) is 0 Å². The molecule has 0 amide bonds. The maximum absolute atomic E-state index is 10.6. The highest BCUT2D eigenvalue weighted by atomic mass is 16.5. The summed E-state index contributed by atoms with van der Waals surface area (Å²) in [7, 11) is 0. The Morgan fingerprint density at radius 2 is 1.80 bits per heavy atom. The highest BCUT2D eigenvalue weighted by Crippen LogP contribution is 2.27. The van der Waals surface area contributed by atoms with Crippen LogP contribution in [0.25, 0.3) is 0 Å². The second-order valence-corrected chi connectivity index (χ2v) is 5.35. The second-order valence-electron chi connectivity index (χ2n) is 5.35. The molecule has 0 aliphatic rings. The maximum atomic E-state index is 10.6. The van der Waals surface area contributed by atoms with Crippen molar-refractivity contribution >= 4 is 5.97 Å². The van der Waals surface area contributed by atoms with Crippen LogP contribution < -0.4 is 9.47 Å². The van der Waals surface area contributed by atoms with Crippen LogP contribution in [0.2, 0.25) is 0 Å². The van der Waals surface area contributed by atoms with Crippen molar-refractivity contribution in [1.82, 2.24) is 0 Å². The number of aryl methyl sites for hydroxylation is 1. The fourth-order valence-corrected chi connectivity index (χ4v) is 1.90. The van der Waals surface area contributed by atoms with Crippen molar-refractivity contribution in [2.45, 2.75) is 59.2 Å². The van der Waals surface area contributed by atoms with Gasteiger partial charge in [-0.2, -0.15) is 0 Å². The van der Waals surface area contributed by atoms with Crippen molar-refractivity contribution in [3.63, 3.8) is 0 Å². The lowest BCUT2D eigenvalue weighted by Gasteiger charge is -2.17. The van der Waals surface area contributed by atoms with Gasteiger partial charge in [-0.1, -0.05) is 0 Å². The van der Waals surface area contributed by atoms with E-state index in [1.54, 1.807) is 0 Å². The average molecular weight is 280 g/mol. The van der Waals surface area contributed by atoms with Crippen LogP contribution in [0.5, 0.6) is 11.5 Å². The van der Waals surface area contributed by atoms with E-state index in [-0.39, 0.29) is 18.6 Å². The molecule has 0 saturated heterocycles. The number of carboxylic acids is 1. The van der Waals surface area contributed by atoms with Gasteiger partial charge in [0.1, 0.15) is 11.5 Å². The first-order valence-electron chi connectivity index (χ1n) is 7.06. The molecule has 0 radical (unpaired) electrons. The molecule has 4 nitrogen and oxygen atoms in total. The van der Waals surface area contributed by atoms with Crippen molar-refractivity contribution in [1.29, 1.82) is 0 Å². The predicted octanol–water partition coefficient (Wildman–Crippen LogP) is 3.67.